The van der Waals surface area contributed by atoms with Gasteiger partial charge in [0.15, 0.2) is 0 Å². The third-order valence-corrected chi connectivity index (χ3v) is 7.80. The highest BCUT2D eigenvalue weighted by Gasteiger charge is 2.37. The molecule has 0 saturated carbocycles. The summed E-state index contributed by atoms with van der Waals surface area (Å²) in [7, 11) is 0. The zero-order valence-corrected chi connectivity index (χ0v) is 21.5. The molecule has 5 nitrogen and oxygen atoms in total. The number of carbonyl (C=O) groups is 2. The van der Waals surface area contributed by atoms with E-state index >= 15 is 0 Å². The van der Waals surface area contributed by atoms with Crippen molar-refractivity contribution in [2.24, 2.45) is 11.8 Å². The Labute approximate surface area is 213 Å². The molecule has 7 heteroatoms. The number of halogens is 2. The number of carbonyl (C=O) groups excluding carboxylic acids is 2. The van der Waals surface area contributed by atoms with Crippen LogP contribution in [0.15, 0.2) is 48.5 Å². The number of piperazine rings is 1. The van der Waals surface area contributed by atoms with Crippen molar-refractivity contribution in [2.45, 2.75) is 52.1 Å². The highest BCUT2D eigenvalue weighted by atomic mass is 19.1. The van der Waals surface area contributed by atoms with Gasteiger partial charge in [-0.25, -0.2) is 8.78 Å². The summed E-state index contributed by atoms with van der Waals surface area (Å²) >= 11 is 0. The van der Waals surface area contributed by atoms with Crippen molar-refractivity contribution in [1.82, 2.24) is 14.7 Å². The lowest BCUT2D eigenvalue weighted by Gasteiger charge is -2.47. The summed E-state index contributed by atoms with van der Waals surface area (Å²) in [4.78, 5) is 31.3. The van der Waals surface area contributed by atoms with E-state index in [1.165, 1.54) is 24.3 Å². The Hall–Kier alpha value is -2.80. The van der Waals surface area contributed by atoms with Crippen molar-refractivity contribution in [3.8, 4) is 0 Å². The van der Waals surface area contributed by atoms with Crippen molar-refractivity contribution < 1.29 is 18.4 Å². The molecule has 0 bridgehead atoms. The van der Waals surface area contributed by atoms with E-state index < -0.39 is 0 Å². The van der Waals surface area contributed by atoms with Crippen molar-refractivity contribution in [3.05, 3.63) is 71.3 Å². The first-order valence-electron chi connectivity index (χ1n) is 13.0. The minimum atomic E-state index is -0.291. The van der Waals surface area contributed by atoms with E-state index in [0.29, 0.717) is 32.0 Å². The van der Waals surface area contributed by atoms with Gasteiger partial charge in [-0.3, -0.25) is 14.5 Å². The van der Waals surface area contributed by atoms with E-state index in [2.05, 4.69) is 18.7 Å². The van der Waals surface area contributed by atoms with Gasteiger partial charge in [0.05, 0.1) is 6.04 Å². The molecule has 0 spiro atoms. The molecule has 0 aliphatic carbocycles. The van der Waals surface area contributed by atoms with Crippen LogP contribution in [0.1, 0.15) is 57.2 Å². The molecule has 0 aromatic heterocycles. The first kappa shape index (κ1) is 26.3. The number of piperidine rings is 1. The minimum Gasteiger partial charge on any atom is -0.343 e. The summed E-state index contributed by atoms with van der Waals surface area (Å²) in [6.45, 7) is 9.32. The third kappa shape index (κ3) is 6.12. The molecule has 0 unspecified atom stereocenters. The summed E-state index contributed by atoms with van der Waals surface area (Å²) in [5.41, 5.74) is 1.89. The monoisotopic (exact) mass is 497 g/mol. The first-order chi connectivity index (χ1) is 17.2. The van der Waals surface area contributed by atoms with E-state index in [1.807, 2.05) is 9.80 Å². The van der Waals surface area contributed by atoms with Crippen molar-refractivity contribution in [3.63, 3.8) is 0 Å². The molecule has 0 radical (unpaired) electrons. The lowest BCUT2D eigenvalue weighted by atomic mass is 9.90. The lowest BCUT2D eigenvalue weighted by molar-refractivity contribution is -0.139. The Bertz CT molecular complexity index is 988. The summed E-state index contributed by atoms with van der Waals surface area (Å²) in [5.74, 6) is 0.285. The van der Waals surface area contributed by atoms with E-state index in [4.69, 9.17) is 0 Å². The Morgan fingerprint density at radius 2 is 1.39 bits per heavy atom. The molecule has 4 rings (SSSR count). The van der Waals surface area contributed by atoms with Crippen LogP contribution in [0.4, 0.5) is 8.78 Å². The van der Waals surface area contributed by atoms with Gasteiger partial charge < -0.3 is 9.80 Å². The van der Waals surface area contributed by atoms with Crippen LogP contribution in [-0.4, -0.2) is 65.3 Å². The maximum absolute atomic E-state index is 13.7. The van der Waals surface area contributed by atoms with E-state index in [1.54, 1.807) is 31.2 Å². The topological polar surface area (TPSA) is 43.9 Å². The third-order valence-electron chi connectivity index (χ3n) is 7.80. The average molecular weight is 498 g/mol. The molecule has 2 amide bonds. The summed E-state index contributed by atoms with van der Waals surface area (Å²) < 4.78 is 27.4. The number of hydrogen-bond acceptors (Lipinski definition) is 3. The fourth-order valence-electron chi connectivity index (χ4n) is 5.67. The summed E-state index contributed by atoms with van der Waals surface area (Å²) in [5, 5.41) is 0. The van der Waals surface area contributed by atoms with Crippen molar-refractivity contribution in [1.29, 1.82) is 0 Å². The van der Waals surface area contributed by atoms with Crippen molar-refractivity contribution >= 4 is 11.8 Å². The number of nitrogens with zero attached hydrogens (tertiary/aromatic N) is 3. The smallest absolute Gasteiger partial charge is 0.223 e. The highest BCUT2D eigenvalue weighted by Crippen LogP contribution is 2.33. The molecule has 2 saturated heterocycles. The Balaban J connectivity index is 1.49. The molecule has 2 fully saturated rings. The van der Waals surface area contributed by atoms with Gasteiger partial charge in [0, 0.05) is 52.1 Å². The number of hydrogen-bond donors (Lipinski definition) is 0. The Morgan fingerprint density at radius 1 is 0.861 bits per heavy atom. The second kappa shape index (κ2) is 11.5. The van der Waals surface area contributed by atoms with E-state index in [-0.39, 0.29) is 41.5 Å². The summed E-state index contributed by atoms with van der Waals surface area (Å²) in [6.07, 6.45) is 2.26. The molecule has 2 aromatic rings. The second-order valence-electron chi connectivity index (χ2n) is 10.6. The molecule has 1 atom stereocenters. The van der Waals surface area contributed by atoms with Crippen LogP contribution >= 0.6 is 0 Å². The molecule has 0 N–H and O–H groups in total. The molecule has 2 aliphatic heterocycles. The molecular formula is C29H37F2N3O2. The Kier molecular flexibility index (Phi) is 8.39. The van der Waals surface area contributed by atoms with E-state index in [9.17, 15) is 18.4 Å². The molecular weight excluding hydrogens is 460 g/mol. The molecule has 2 aromatic carbocycles. The van der Waals surface area contributed by atoms with Gasteiger partial charge in [-0.1, -0.05) is 38.1 Å². The lowest BCUT2D eigenvalue weighted by Crippen LogP contribution is -2.58. The average Bonchev–Trinajstić information content (AvgIpc) is 2.86. The molecule has 2 aliphatic rings. The number of likely N-dealkylation sites (tertiary alicyclic amines) is 1. The largest absolute Gasteiger partial charge is 0.343 e. The van der Waals surface area contributed by atoms with Crippen LogP contribution in [0.3, 0.4) is 0 Å². The summed E-state index contributed by atoms with van der Waals surface area (Å²) in [6, 6.07) is 12.9. The van der Waals surface area contributed by atoms with Gasteiger partial charge >= 0.3 is 0 Å². The van der Waals surface area contributed by atoms with Crippen LogP contribution in [0, 0.1) is 23.5 Å². The van der Waals surface area contributed by atoms with Gasteiger partial charge in [0.25, 0.3) is 0 Å². The van der Waals surface area contributed by atoms with Gasteiger partial charge in [-0.05, 0) is 60.1 Å². The normalized spacial score (nSPS) is 19.8. The van der Waals surface area contributed by atoms with Crippen LogP contribution in [0.2, 0.25) is 0 Å². The SMILES string of the molecule is CC(=O)N1CCC(CC(=O)N2CCN(C(c3ccc(F)cc3)c3ccc(F)cc3)C[C@@H]2C(C)C)CC1. The highest BCUT2D eigenvalue weighted by molar-refractivity contribution is 5.77. The molecule has 2 heterocycles. The molecule has 194 valence electrons. The van der Waals surface area contributed by atoms with Crippen LogP contribution in [-0.2, 0) is 9.59 Å². The number of benzene rings is 2. The Morgan fingerprint density at radius 3 is 1.86 bits per heavy atom. The first-order valence-corrected chi connectivity index (χ1v) is 13.0. The fourth-order valence-corrected chi connectivity index (χ4v) is 5.67. The van der Waals surface area contributed by atoms with E-state index in [0.717, 1.165) is 37.1 Å². The van der Waals surface area contributed by atoms with Gasteiger partial charge in [-0.2, -0.15) is 0 Å². The predicted molar refractivity (Wildman–Crippen MR) is 136 cm³/mol. The standard InChI is InChI=1S/C29H37F2N3O2/c1-20(2)27-19-33(16-17-34(27)28(36)18-22-12-14-32(15-13-22)21(3)35)29(23-4-8-25(30)9-5-23)24-6-10-26(31)11-7-24/h4-11,20,22,27,29H,12-19H2,1-3H3/t27-/m1/s1. The quantitative estimate of drug-likeness (QED) is 0.572. The fraction of sp³-hybridized carbons (Fsp3) is 0.517. The second-order valence-corrected chi connectivity index (χ2v) is 10.6. The number of amides is 2. The maximum atomic E-state index is 13.7. The predicted octanol–water partition coefficient (Wildman–Crippen LogP) is 4.87. The van der Waals surface area contributed by atoms with Crippen LogP contribution < -0.4 is 0 Å². The van der Waals surface area contributed by atoms with Crippen LogP contribution in [0.25, 0.3) is 0 Å². The molecule has 36 heavy (non-hydrogen) atoms. The zero-order chi connectivity index (χ0) is 25.8. The zero-order valence-electron chi connectivity index (χ0n) is 21.5. The van der Waals surface area contributed by atoms with Crippen molar-refractivity contribution in [2.75, 3.05) is 32.7 Å². The number of rotatable bonds is 6. The van der Waals surface area contributed by atoms with Crippen LogP contribution in [0.5, 0.6) is 0 Å². The van der Waals surface area contributed by atoms with Gasteiger partial charge in [0.1, 0.15) is 11.6 Å². The maximum Gasteiger partial charge on any atom is 0.223 e. The minimum absolute atomic E-state index is 0.0481. The van der Waals surface area contributed by atoms with Gasteiger partial charge in [0.2, 0.25) is 11.8 Å². The van der Waals surface area contributed by atoms with Gasteiger partial charge in [-0.15, -0.1) is 0 Å².